The summed E-state index contributed by atoms with van der Waals surface area (Å²) in [4.78, 5) is 14.9. The van der Waals surface area contributed by atoms with Crippen LogP contribution < -0.4 is 9.47 Å². The third-order valence-corrected chi connectivity index (χ3v) is 7.47. The zero-order valence-electron chi connectivity index (χ0n) is 19.1. The molecule has 0 saturated carbocycles. The molecule has 1 saturated heterocycles. The summed E-state index contributed by atoms with van der Waals surface area (Å²) < 4.78 is 47.8. The Morgan fingerprint density at radius 3 is 2.27 bits per heavy atom. The average Bonchev–Trinajstić information content (AvgIpc) is 2.84. The van der Waals surface area contributed by atoms with Crippen molar-refractivity contribution in [2.45, 2.75) is 23.5 Å². The number of sulfone groups is 1. The summed E-state index contributed by atoms with van der Waals surface area (Å²) in [7, 11) is -2.46. The van der Waals surface area contributed by atoms with Crippen molar-refractivity contribution in [3.8, 4) is 11.5 Å². The molecule has 1 unspecified atom stereocenters. The molecule has 0 N–H and O–H groups in total. The van der Waals surface area contributed by atoms with E-state index in [0.29, 0.717) is 23.7 Å². The smallest absolute Gasteiger partial charge is 0.325 e. The van der Waals surface area contributed by atoms with E-state index < -0.39 is 21.1 Å². The SMILES string of the molecule is CCOC(=O)C(Cc1ccc(OCCN2CCOCC2)cc1)S(=O)(=O)c1ccc(OC)cc1. The molecule has 2 aromatic rings. The number of benzene rings is 2. The monoisotopic (exact) mass is 477 g/mol. The van der Waals surface area contributed by atoms with Gasteiger partial charge in [0.15, 0.2) is 15.1 Å². The number of methoxy groups -OCH3 is 1. The number of morpholine rings is 1. The van der Waals surface area contributed by atoms with Crippen LogP contribution in [0.2, 0.25) is 0 Å². The molecule has 9 heteroatoms. The van der Waals surface area contributed by atoms with Crippen molar-refractivity contribution in [3.63, 3.8) is 0 Å². The van der Waals surface area contributed by atoms with Crippen molar-refractivity contribution in [1.29, 1.82) is 0 Å². The Kier molecular flexibility index (Phi) is 9.11. The standard InChI is InChI=1S/C24H31NO7S/c1-3-31-24(26)23(33(27,28)22-10-8-20(29-2)9-11-22)18-19-4-6-21(7-5-19)32-17-14-25-12-15-30-16-13-25/h4-11,23H,3,12-18H2,1-2H3. The van der Waals surface area contributed by atoms with Gasteiger partial charge in [-0.05, 0) is 48.9 Å². The van der Waals surface area contributed by atoms with Crippen molar-refractivity contribution in [2.75, 3.05) is 53.2 Å². The maximum absolute atomic E-state index is 13.2. The van der Waals surface area contributed by atoms with E-state index in [1.165, 1.54) is 19.2 Å². The molecule has 0 spiro atoms. The van der Waals surface area contributed by atoms with Gasteiger partial charge in [-0.15, -0.1) is 0 Å². The fourth-order valence-electron chi connectivity index (χ4n) is 3.54. The highest BCUT2D eigenvalue weighted by Gasteiger charge is 2.35. The molecule has 8 nitrogen and oxygen atoms in total. The Labute approximate surface area is 195 Å². The van der Waals surface area contributed by atoms with E-state index in [1.54, 1.807) is 43.3 Å². The Bertz CT molecular complexity index is 984. The summed E-state index contributed by atoms with van der Waals surface area (Å²) in [6.45, 7) is 6.42. The van der Waals surface area contributed by atoms with Crippen molar-refractivity contribution in [2.24, 2.45) is 0 Å². The van der Waals surface area contributed by atoms with E-state index in [0.717, 1.165) is 32.8 Å². The largest absolute Gasteiger partial charge is 0.497 e. The van der Waals surface area contributed by atoms with E-state index in [1.807, 2.05) is 0 Å². The van der Waals surface area contributed by atoms with Gasteiger partial charge in [0, 0.05) is 26.1 Å². The lowest BCUT2D eigenvalue weighted by Crippen LogP contribution is -2.38. The van der Waals surface area contributed by atoms with E-state index >= 15 is 0 Å². The highest BCUT2D eigenvalue weighted by molar-refractivity contribution is 7.92. The topological polar surface area (TPSA) is 91.4 Å². The van der Waals surface area contributed by atoms with Crippen LogP contribution in [0.3, 0.4) is 0 Å². The number of hydrogen-bond donors (Lipinski definition) is 0. The summed E-state index contributed by atoms with van der Waals surface area (Å²) in [6, 6.07) is 13.1. The third kappa shape index (κ3) is 6.93. The van der Waals surface area contributed by atoms with Crippen LogP contribution in [0.5, 0.6) is 11.5 Å². The van der Waals surface area contributed by atoms with Gasteiger partial charge < -0.3 is 18.9 Å². The second kappa shape index (κ2) is 12.0. The van der Waals surface area contributed by atoms with Crippen LogP contribution in [0.1, 0.15) is 12.5 Å². The van der Waals surface area contributed by atoms with Gasteiger partial charge in [-0.2, -0.15) is 0 Å². The molecule has 1 aliphatic heterocycles. The van der Waals surface area contributed by atoms with Crippen LogP contribution in [0.4, 0.5) is 0 Å². The molecule has 1 fully saturated rings. The van der Waals surface area contributed by atoms with Crippen molar-refractivity contribution in [1.82, 2.24) is 4.90 Å². The summed E-state index contributed by atoms with van der Waals surface area (Å²) >= 11 is 0. The van der Waals surface area contributed by atoms with Gasteiger partial charge >= 0.3 is 5.97 Å². The van der Waals surface area contributed by atoms with Crippen LogP contribution in [0, 0.1) is 0 Å². The number of ether oxygens (including phenoxy) is 4. The van der Waals surface area contributed by atoms with E-state index in [4.69, 9.17) is 18.9 Å². The maximum Gasteiger partial charge on any atom is 0.325 e. The summed E-state index contributed by atoms with van der Waals surface area (Å²) in [5.41, 5.74) is 0.700. The molecule has 1 atom stereocenters. The van der Waals surface area contributed by atoms with Gasteiger partial charge in [0.05, 0.1) is 31.8 Å². The molecule has 0 amide bonds. The lowest BCUT2D eigenvalue weighted by molar-refractivity contribution is -0.142. The van der Waals surface area contributed by atoms with E-state index in [9.17, 15) is 13.2 Å². The van der Waals surface area contributed by atoms with Crippen molar-refractivity contribution in [3.05, 3.63) is 54.1 Å². The first-order valence-electron chi connectivity index (χ1n) is 11.0. The molecule has 0 radical (unpaired) electrons. The zero-order valence-corrected chi connectivity index (χ0v) is 19.9. The number of esters is 1. The predicted octanol–water partition coefficient (Wildman–Crippen LogP) is 2.35. The normalized spacial score (nSPS) is 15.6. The van der Waals surface area contributed by atoms with Crippen LogP contribution in [0.15, 0.2) is 53.4 Å². The number of nitrogens with zero attached hydrogens (tertiary/aromatic N) is 1. The lowest BCUT2D eigenvalue weighted by Gasteiger charge is -2.26. The molecule has 2 aromatic carbocycles. The predicted molar refractivity (Wildman–Crippen MR) is 124 cm³/mol. The average molecular weight is 478 g/mol. The van der Waals surface area contributed by atoms with Crippen LogP contribution >= 0.6 is 0 Å². The molecule has 180 valence electrons. The molecular weight excluding hydrogens is 446 g/mol. The first-order chi connectivity index (χ1) is 15.9. The molecule has 3 rings (SSSR count). The van der Waals surface area contributed by atoms with Crippen LogP contribution in [-0.2, 0) is 30.5 Å². The fourth-order valence-corrected chi connectivity index (χ4v) is 5.12. The second-order valence-corrected chi connectivity index (χ2v) is 9.74. The van der Waals surface area contributed by atoms with Gasteiger partial charge in [-0.3, -0.25) is 9.69 Å². The number of hydrogen-bond acceptors (Lipinski definition) is 8. The van der Waals surface area contributed by atoms with Crippen molar-refractivity contribution >= 4 is 15.8 Å². The number of carbonyl (C=O) groups excluding carboxylic acids is 1. The first-order valence-corrected chi connectivity index (χ1v) is 12.5. The number of carbonyl (C=O) groups is 1. The lowest BCUT2D eigenvalue weighted by atomic mass is 10.1. The quantitative estimate of drug-likeness (QED) is 0.456. The Hall–Kier alpha value is -2.62. The molecule has 0 aliphatic carbocycles. The fraction of sp³-hybridized carbons (Fsp3) is 0.458. The second-order valence-electron chi connectivity index (χ2n) is 7.61. The molecule has 33 heavy (non-hydrogen) atoms. The number of rotatable bonds is 11. The highest BCUT2D eigenvalue weighted by Crippen LogP contribution is 2.24. The third-order valence-electron chi connectivity index (χ3n) is 5.44. The van der Waals surface area contributed by atoms with Crippen LogP contribution in [-0.4, -0.2) is 77.7 Å². The minimum atomic E-state index is -3.96. The molecule has 1 heterocycles. The highest BCUT2D eigenvalue weighted by atomic mass is 32.2. The van der Waals surface area contributed by atoms with Gasteiger partial charge in [0.25, 0.3) is 0 Å². The van der Waals surface area contributed by atoms with Gasteiger partial charge in [-0.25, -0.2) is 8.42 Å². The summed E-state index contributed by atoms with van der Waals surface area (Å²) in [6.07, 6.45) is 0.00124. The zero-order chi connectivity index (χ0) is 23.7. The Morgan fingerprint density at radius 1 is 1.03 bits per heavy atom. The Balaban J connectivity index is 1.67. The van der Waals surface area contributed by atoms with Gasteiger partial charge in [0.2, 0.25) is 0 Å². The molecule has 0 aromatic heterocycles. The minimum absolute atomic E-state index is 0.00124. The summed E-state index contributed by atoms with van der Waals surface area (Å²) in [5, 5.41) is -1.35. The van der Waals surface area contributed by atoms with Gasteiger partial charge in [-0.1, -0.05) is 12.1 Å². The first kappa shape index (κ1) is 25.0. The van der Waals surface area contributed by atoms with Crippen molar-refractivity contribution < 1.29 is 32.2 Å². The minimum Gasteiger partial charge on any atom is -0.497 e. The maximum atomic E-state index is 13.2. The van der Waals surface area contributed by atoms with E-state index in [2.05, 4.69) is 4.90 Å². The Morgan fingerprint density at radius 2 is 1.67 bits per heavy atom. The molecule has 0 bridgehead atoms. The summed E-state index contributed by atoms with van der Waals surface area (Å²) in [5.74, 6) is 0.461. The molecular formula is C24H31NO7S. The molecule has 1 aliphatic rings. The van der Waals surface area contributed by atoms with E-state index in [-0.39, 0.29) is 17.9 Å². The van der Waals surface area contributed by atoms with Crippen LogP contribution in [0.25, 0.3) is 0 Å². The van der Waals surface area contributed by atoms with Gasteiger partial charge in [0.1, 0.15) is 18.1 Å².